The molecule has 0 heterocycles. The molecule has 0 saturated heterocycles. The fraction of sp³-hybridized carbons (Fsp3) is 0.462. The first-order valence-electron chi connectivity index (χ1n) is 6.18. The molecule has 98 valence electrons. The Morgan fingerprint density at radius 2 is 2.28 bits per heavy atom. The van der Waals surface area contributed by atoms with E-state index >= 15 is 0 Å². The smallest absolute Gasteiger partial charge is 0.191 e. The molecular formula is C13H17BrFN3. The Morgan fingerprint density at radius 3 is 2.89 bits per heavy atom. The number of hydrogen-bond acceptors (Lipinski definition) is 1. The summed E-state index contributed by atoms with van der Waals surface area (Å²) in [6.45, 7) is 3.34. The molecule has 1 saturated carbocycles. The van der Waals surface area contributed by atoms with Crippen molar-refractivity contribution in [1.82, 2.24) is 10.6 Å². The van der Waals surface area contributed by atoms with Gasteiger partial charge in [-0.25, -0.2) is 9.38 Å². The molecule has 0 atom stereocenters. The van der Waals surface area contributed by atoms with Crippen molar-refractivity contribution in [2.75, 3.05) is 6.54 Å². The predicted molar refractivity (Wildman–Crippen MR) is 75.1 cm³/mol. The van der Waals surface area contributed by atoms with Crippen LogP contribution in [0, 0.1) is 5.82 Å². The van der Waals surface area contributed by atoms with Crippen molar-refractivity contribution in [1.29, 1.82) is 0 Å². The minimum absolute atomic E-state index is 0.247. The van der Waals surface area contributed by atoms with E-state index in [1.807, 2.05) is 13.0 Å². The largest absolute Gasteiger partial charge is 0.357 e. The van der Waals surface area contributed by atoms with Gasteiger partial charge < -0.3 is 10.6 Å². The molecule has 5 heteroatoms. The van der Waals surface area contributed by atoms with Gasteiger partial charge in [-0.2, -0.15) is 0 Å². The van der Waals surface area contributed by atoms with Crippen LogP contribution in [0.3, 0.4) is 0 Å². The molecule has 0 unspecified atom stereocenters. The fourth-order valence-corrected chi connectivity index (χ4v) is 1.80. The Kier molecular flexibility index (Phi) is 4.58. The highest BCUT2D eigenvalue weighted by molar-refractivity contribution is 9.10. The lowest BCUT2D eigenvalue weighted by molar-refractivity contribution is 0.618. The summed E-state index contributed by atoms with van der Waals surface area (Å²) in [5.74, 6) is 0.561. The molecule has 0 spiro atoms. The topological polar surface area (TPSA) is 36.4 Å². The van der Waals surface area contributed by atoms with E-state index in [4.69, 9.17) is 0 Å². The number of nitrogens with zero attached hydrogens (tertiary/aromatic N) is 1. The summed E-state index contributed by atoms with van der Waals surface area (Å²) in [6, 6.07) is 5.65. The van der Waals surface area contributed by atoms with Crippen LogP contribution in [-0.2, 0) is 6.54 Å². The maximum absolute atomic E-state index is 13.3. The Hall–Kier alpha value is -1.10. The van der Waals surface area contributed by atoms with E-state index in [2.05, 4.69) is 31.6 Å². The SMILES string of the molecule is CCNC(=NCc1ccc(Br)c(F)c1)NC1CC1. The van der Waals surface area contributed by atoms with E-state index in [0.29, 0.717) is 17.1 Å². The molecule has 0 amide bonds. The van der Waals surface area contributed by atoms with Gasteiger partial charge in [0.25, 0.3) is 0 Å². The highest BCUT2D eigenvalue weighted by atomic mass is 79.9. The van der Waals surface area contributed by atoms with E-state index in [0.717, 1.165) is 18.1 Å². The van der Waals surface area contributed by atoms with E-state index in [1.54, 1.807) is 6.07 Å². The van der Waals surface area contributed by atoms with Crippen molar-refractivity contribution in [2.24, 2.45) is 4.99 Å². The second-order valence-electron chi connectivity index (χ2n) is 4.36. The number of halogens is 2. The monoisotopic (exact) mass is 313 g/mol. The number of aliphatic imine (C=N–C) groups is 1. The van der Waals surface area contributed by atoms with Crippen molar-refractivity contribution in [3.63, 3.8) is 0 Å². The molecule has 1 aromatic rings. The zero-order valence-corrected chi connectivity index (χ0v) is 11.9. The maximum Gasteiger partial charge on any atom is 0.191 e. The first-order chi connectivity index (χ1) is 8.69. The molecule has 1 aromatic carbocycles. The lowest BCUT2D eigenvalue weighted by Gasteiger charge is -2.10. The van der Waals surface area contributed by atoms with E-state index in [9.17, 15) is 4.39 Å². The molecular weight excluding hydrogens is 297 g/mol. The van der Waals surface area contributed by atoms with Gasteiger partial charge in [0, 0.05) is 12.6 Å². The third-order valence-corrected chi connectivity index (χ3v) is 3.31. The Balaban J connectivity index is 1.98. The van der Waals surface area contributed by atoms with Gasteiger partial charge in [-0.1, -0.05) is 6.07 Å². The zero-order valence-electron chi connectivity index (χ0n) is 10.3. The molecule has 0 aliphatic heterocycles. The van der Waals surface area contributed by atoms with E-state index < -0.39 is 0 Å². The fourth-order valence-electron chi connectivity index (χ4n) is 1.55. The summed E-state index contributed by atoms with van der Waals surface area (Å²) in [4.78, 5) is 4.45. The van der Waals surface area contributed by atoms with E-state index in [-0.39, 0.29) is 5.82 Å². The summed E-state index contributed by atoms with van der Waals surface area (Å²) in [6.07, 6.45) is 2.41. The molecule has 1 aliphatic carbocycles. The molecule has 0 bridgehead atoms. The lowest BCUT2D eigenvalue weighted by atomic mass is 10.2. The van der Waals surface area contributed by atoms with Crippen molar-refractivity contribution >= 4 is 21.9 Å². The minimum Gasteiger partial charge on any atom is -0.357 e. The molecule has 3 nitrogen and oxygen atoms in total. The molecule has 2 rings (SSSR count). The average Bonchev–Trinajstić information content (AvgIpc) is 3.14. The van der Waals surface area contributed by atoms with Gasteiger partial charge in [0.1, 0.15) is 5.82 Å². The molecule has 0 aromatic heterocycles. The standard InChI is InChI=1S/C13H17BrFN3/c1-2-16-13(18-10-4-5-10)17-8-9-3-6-11(14)12(15)7-9/h3,6-7,10H,2,4-5,8H2,1H3,(H2,16,17,18). The molecule has 18 heavy (non-hydrogen) atoms. The van der Waals surface area contributed by atoms with Crippen LogP contribution in [0.4, 0.5) is 4.39 Å². The Labute approximate surface area is 115 Å². The minimum atomic E-state index is -0.247. The summed E-state index contributed by atoms with van der Waals surface area (Å²) in [5, 5.41) is 6.51. The summed E-state index contributed by atoms with van der Waals surface area (Å²) in [7, 11) is 0. The van der Waals surface area contributed by atoms with Crippen LogP contribution in [0.5, 0.6) is 0 Å². The van der Waals surface area contributed by atoms with Crippen LogP contribution in [0.2, 0.25) is 0 Å². The number of rotatable bonds is 4. The summed E-state index contributed by atoms with van der Waals surface area (Å²) in [5.41, 5.74) is 0.865. The Bertz CT molecular complexity index is 444. The van der Waals surface area contributed by atoms with Crippen LogP contribution in [-0.4, -0.2) is 18.5 Å². The third kappa shape index (κ3) is 3.98. The molecule has 2 N–H and O–H groups in total. The van der Waals surface area contributed by atoms with Gasteiger partial charge >= 0.3 is 0 Å². The van der Waals surface area contributed by atoms with Crippen molar-refractivity contribution < 1.29 is 4.39 Å². The van der Waals surface area contributed by atoms with Gasteiger partial charge in [-0.3, -0.25) is 0 Å². The maximum atomic E-state index is 13.3. The molecule has 1 fully saturated rings. The first kappa shape index (κ1) is 13.3. The number of nitrogens with one attached hydrogen (secondary N) is 2. The Morgan fingerprint density at radius 1 is 1.50 bits per heavy atom. The number of benzene rings is 1. The highest BCUT2D eigenvalue weighted by Gasteiger charge is 2.21. The van der Waals surface area contributed by atoms with Crippen LogP contribution in [0.25, 0.3) is 0 Å². The zero-order chi connectivity index (χ0) is 13.0. The van der Waals surface area contributed by atoms with Gasteiger partial charge in [0.2, 0.25) is 0 Å². The predicted octanol–water partition coefficient (Wildman–Crippen LogP) is 2.81. The highest BCUT2D eigenvalue weighted by Crippen LogP contribution is 2.19. The van der Waals surface area contributed by atoms with Crippen LogP contribution >= 0.6 is 15.9 Å². The van der Waals surface area contributed by atoms with Crippen LogP contribution < -0.4 is 10.6 Å². The van der Waals surface area contributed by atoms with Crippen molar-refractivity contribution in [3.05, 3.63) is 34.1 Å². The molecule has 1 aliphatic rings. The quantitative estimate of drug-likeness (QED) is 0.662. The van der Waals surface area contributed by atoms with Gasteiger partial charge in [0.15, 0.2) is 5.96 Å². The summed E-state index contributed by atoms with van der Waals surface area (Å²) < 4.78 is 13.8. The summed E-state index contributed by atoms with van der Waals surface area (Å²) >= 11 is 3.14. The third-order valence-electron chi connectivity index (χ3n) is 2.67. The first-order valence-corrected chi connectivity index (χ1v) is 6.97. The lowest BCUT2D eigenvalue weighted by Crippen LogP contribution is -2.38. The van der Waals surface area contributed by atoms with Gasteiger partial charge in [0.05, 0.1) is 11.0 Å². The normalized spacial score (nSPS) is 15.6. The van der Waals surface area contributed by atoms with Crippen molar-refractivity contribution in [2.45, 2.75) is 32.4 Å². The average molecular weight is 314 g/mol. The number of guanidine groups is 1. The number of hydrogen-bond donors (Lipinski definition) is 2. The van der Waals surface area contributed by atoms with E-state index in [1.165, 1.54) is 18.9 Å². The van der Waals surface area contributed by atoms with Crippen LogP contribution in [0.15, 0.2) is 27.7 Å². The second-order valence-corrected chi connectivity index (χ2v) is 5.22. The second kappa shape index (κ2) is 6.18. The van der Waals surface area contributed by atoms with Crippen LogP contribution in [0.1, 0.15) is 25.3 Å². The van der Waals surface area contributed by atoms with Gasteiger partial charge in [-0.05, 0) is 53.4 Å². The van der Waals surface area contributed by atoms with Gasteiger partial charge in [-0.15, -0.1) is 0 Å². The van der Waals surface area contributed by atoms with Crippen molar-refractivity contribution in [3.8, 4) is 0 Å². The molecule has 0 radical (unpaired) electrons.